The lowest BCUT2D eigenvalue weighted by molar-refractivity contribution is -0.128. The Morgan fingerprint density at radius 1 is 1.47 bits per heavy atom. The largest absolute Gasteiger partial charge is 0.356 e. The number of hydrogen-bond acceptors (Lipinski definition) is 3. The van der Waals surface area contributed by atoms with Crippen LogP contribution < -0.4 is 10.6 Å². The first kappa shape index (κ1) is 12.4. The highest BCUT2D eigenvalue weighted by Crippen LogP contribution is 2.59. The predicted octanol–water partition coefficient (Wildman–Crippen LogP) is 0.368. The van der Waals surface area contributed by atoms with Crippen molar-refractivity contribution in [1.82, 2.24) is 10.6 Å². The normalized spacial score (nSPS) is 38.5. The molecule has 1 heterocycles. The van der Waals surface area contributed by atoms with Crippen molar-refractivity contribution in [2.24, 2.45) is 23.2 Å². The van der Waals surface area contributed by atoms with E-state index in [0.717, 1.165) is 12.8 Å². The molecule has 2 fully saturated rings. The van der Waals surface area contributed by atoms with Gasteiger partial charge in [0.15, 0.2) is 0 Å². The monoisotopic (exact) mass is 262 g/mol. The Morgan fingerprint density at radius 2 is 2.26 bits per heavy atom. The molecule has 0 unspecified atom stereocenters. The van der Waals surface area contributed by atoms with Crippen LogP contribution in [0.2, 0.25) is 0 Å². The van der Waals surface area contributed by atoms with Crippen molar-refractivity contribution in [3.63, 3.8) is 0 Å². The van der Waals surface area contributed by atoms with Crippen LogP contribution in [-0.2, 0) is 14.4 Å². The zero-order chi connectivity index (χ0) is 13.6. The fourth-order valence-electron chi connectivity index (χ4n) is 3.89. The second-order valence-corrected chi connectivity index (χ2v) is 5.84. The summed E-state index contributed by atoms with van der Waals surface area (Å²) in [5.41, 5.74) is -0.441. The molecule has 3 aliphatic rings. The number of nitrogens with one attached hydrogen (secondary N) is 2. The molecule has 102 valence electrons. The molecule has 5 nitrogen and oxygen atoms in total. The van der Waals surface area contributed by atoms with E-state index in [1.54, 1.807) is 0 Å². The highest BCUT2D eigenvalue weighted by atomic mass is 16.2. The lowest BCUT2D eigenvalue weighted by Gasteiger charge is -2.29. The Morgan fingerprint density at radius 3 is 3.00 bits per heavy atom. The molecule has 4 atom stereocenters. The molecule has 3 rings (SSSR count). The van der Waals surface area contributed by atoms with Gasteiger partial charge in [-0.3, -0.25) is 19.7 Å². The first-order valence-electron chi connectivity index (χ1n) is 6.88. The van der Waals surface area contributed by atoms with Crippen LogP contribution in [0.25, 0.3) is 0 Å². The minimum Gasteiger partial charge on any atom is -0.356 e. The minimum absolute atomic E-state index is 0.0278. The molecule has 0 radical (unpaired) electrons. The van der Waals surface area contributed by atoms with Gasteiger partial charge in [-0.15, -0.1) is 0 Å². The molecular weight excluding hydrogens is 244 g/mol. The topological polar surface area (TPSA) is 75.3 Å². The van der Waals surface area contributed by atoms with E-state index in [1.165, 1.54) is 0 Å². The van der Waals surface area contributed by atoms with Crippen molar-refractivity contribution in [3.8, 4) is 0 Å². The quantitative estimate of drug-likeness (QED) is 0.567. The van der Waals surface area contributed by atoms with E-state index in [4.69, 9.17) is 0 Å². The van der Waals surface area contributed by atoms with Gasteiger partial charge in [-0.2, -0.15) is 0 Å². The van der Waals surface area contributed by atoms with Gasteiger partial charge in [0.1, 0.15) is 0 Å². The summed E-state index contributed by atoms with van der Waals surface area (Å²) < 4.78 is 0. The van der Waals surface area contributed by atoms with Gasteiger partial charge in [0.25, 0.3) is 0 Å². The first-order valence-corrected chi connectivity index (χ1v) is 6.88. The smallest absolute Gasteiger partial charge is 0.231 e. The maximum atomic E-state index is 12.0. The van der Waals surface area contributed by atoms with Crippen LogP contribution in [0.1, 0.15) is 26.2 Å². The molecule has 2 N–H and O–H groups in total. The van der Waals surface area contributed by atoms with E-state index in [1.807, 2.05) is 19.1 Å². The van der Waals surface area contributed by atoms with Crippen LogP contribution in [0.3, 0.4) is 0 Å². The summed E-state index contributed by atoms with van der Waals surface area (Å²) in [6.07, 6.45) is 5.94. The number of imide groups is 1. The molecule has 0 aromatic heterocycles. The number of fused-ring (bicyclic) bond motifs is 5. The number of hydrogen-bond donors (Lipinski definition) is 2. The predicted molar refractivity (Wildman–Crippen MR) is 67.7 cm³/mol. The number of rotatable bonds is 4. The van der Waals surface area contributed by atoms with Crippen LogP contribution in [0.15, 0.2) is 12.2 Å². The lowest BCUT2D eigenvalue weighted by atomic mass is 9.72. The molecule has 1 saturated heterocycles. The van der Waals surface area contributed by atoms with Crippen molar-refractivity contribution in [3.05, 3.63) is 12.2 Å². The van der Waals surface area contributed by atoms with Crippen molar-refractivity contribution in [2.45, 2.75) is 26.2 Å². The highest BCUT2D eigenvalue weighted by Gasteiger charge is 2.63. The van der Waals surface area contributed by atoms with E-state index in [2.05, 4.69) is 10.6 Å². The summed E-state index contributed by atoms with van der Waals surface area (Å²) in [4.78, 5) is 35.7. The number of carbonyl (C=O) groups is 3. The maximum absolute atomic E-state index is 12.0. The molecule has 1 aliphatic heterocycles. The Hall–Kier alpha value is -1.65. The van der Waals surface area contributed by atoms with Crippen LogP contribution in [0.4, 0.5) is 0 Å². The summed E-state index contributed by atoms with van der Waals surface area (Å²) in [7, 11) is 0. The third kappa shape index (κ3) is 1.71. The summed E-state index contributed by atoms with van der Waals surface area (Å²) in [6, 6.07) is 0. The Bertz CT molecular complexity index is 485. The molecule has 2 bridgehead atoms. The summed E-state index contributed by atoms with van der Waals surface area (Å²) in [6.45, 7) is 2.65. The summed E-state index contributed by atoms with van der Waals surface area (Å²) in [5.74, 6) is -0.875. The van der Waals surface area contributed by atoms with Crippen molar-refractivity contribution >= 4 is 17.7 Å². The molecule has 19 heavy (non-hydrogen) atoms. The van der Waals surface area contributed by atoms with Gasteiger partial charge in [-0.1, -0.05) is 19.1 Å². The zero-order valence-electron chi connectivity index (χ0n) is 10.9. The second-order valence-electron chi connectivity index (χ2n) is 5.84. The number of carbonyl (C=O) groups excluding carboxylic acids is 3. The first-order chi connectivity index (χ1) is 9.07. The summed E-state index contributed by atoms with van der Waals surface area (Å²) in [5, 5.41) is 5.26. The second kappa shape index (κ2) is 4.18. The van der Waals surface area contributed by atoms with E-state index in [0.29, 0.717) is 13.0 Å². The van der Waals surface area contributed by atoms with Gasteiger partial charge >= 0.3 is 0 Å². The Labute approximate surface area is 111 Å². The highest BCUT2D eigenvalue weighted by molar-refractivity contribution is 6.07. The third-order valence-corrected chi connectivity index (χ3v) is 4.62. The molecule has 3 amide bonds. The van der Waals surface area contributed by atoms with E-state index < -0.39 is 5.41 Å². The van der Waals surface area contributed by atoms with Crippen molar-refractivity contribution < 1.29 is 14.4 Å². The molecule has 0 spiro atoms. The zero-order valence-corrected chi connectivity index (χ0v) is 10.9. The van der Waals surface area contributed by atoms with Gasteiger partial charge in [0.05, 0.1) is 11.8 Å². The van der Waals surface area contributed by atoms with E-state index >= 15 is 0 Å². The fourth-order valence-corrected chi connectivity index (χ4v) is 3.89. The minimum atomic E-state index is -0.441. The van der Waals surface area contributed by atoms with Crippen LogP contribution in [0, 0.1) is 23.2 Å². The molecule has 2 aliphatic carbocycles. The fraction of sp³-hybridized carbons (Fsp3) is 0.643. The lowest BCUT2D eigenvalue weighted by Crippen LogP contribution is -2.37. The number of allylic oxidation sites excluding steroid dienone is 2. The summed E-state index contributed by atoms with van der Waals surface area (Å²) >= 11 is 0. The van der Waals surface area contributed by atoms with Gasteiger partial charge in [0.2, 0.25) is 17.7 Å². The molecule has 0 aromatic rings. The Balaban J connectivity index is 1.80. The van der Waals surface area contributed by atoms with Gasteiger partial charge in [-0.25, -0.2) is 0 Å². The van der Waals surface area contributed by atoms with Gasteiger partial charge in [0, 0.05) is 18.4 Å². The molecule has 5 heteroatoms. The van der Waals surface area contributed by atoms with E-state index in [-0.39, 0.29) is 35.5 Å². The third-order valence-electron chi connectivity index (χ3n) is 4.62. The van der Waals surface area contributed by atoms with Crippen LogP contribution in [-0.4, -0.2) is 24.3 Å². The van der Waals surface area contributed by atoms with E-state index in [9.17, 15) is 14.4 Å². The molecule has 1 saturated carbocycles. The standard InChI is InChI=1S/C14H18N2O3/c1-2-5-15-9(17)7-14-4-3-8(6-14)10-11(14)13(19)16-12(10)18/h3-4,8,10-11H,2,5-7H2,1H3,(H,15,17)(H,16,18,19)/t8-,10-,11+,14+/m0/s1. The average molecular weight is 262 g/mol. The SMILES string of the molecule is CCCNC(=O)C[C@@]12C=C[C@@H](C1)[C@@H]1C(=O)NC(=O)[C@@H]12. The van der Waals surface area contributed by atoms with Gasteiger partial charge < -0.3 is 5.32 Å². The van der Waals surface area contributed by atoms with Crippen LogP contribution >= 0.6 is 0 Å². The average Bonchev–Trinajstić information content (AvgIpc) is 2.98. The Kier molecular flexibility index (Phi) is 2.73. The van der Waals surface area contributed by atoms with Crippen LogP contribution in [0.5, 0.6) is 0 Å². The molecule has 0 aromatic carbocycles. The van der Waals surface area contributed by atoms with Crippen molar-refractivity contribution in [2.75, 3.05) is 6.54 Å². The number of amides is 3. The van der Waals surface area contributed by atoms with Gasteiger partial charge in [-0.05, 0) is 18.8 Å². The maximum Gasteiger partial charge on any atom is 0.231 e. The molecular formula is C14H18N2O3. The van der Waals surface area contributed by atoms with Crippen molar-refractivity contribution in [1.29, 1.82) is 0 Å².